The van der Waals surface area contributed by atoms with Gasteiger partial charge in [-0.25, -0.2) is 4.79 Å². The summed E-state index contributed by atoms with van der Waals surface area (Å²) in [6.45, 7) is 1.68. The Hall–Kier alpha value is -2.26. The molecule has 0 atom stereocenters. The van der Waals surface area contributed by atoms with Crippen LogP contribution in [0.5, 0.6) is 0 Å². The molecule has 7 heteroatoms. The number of aromatic carboxylic acids is 1. The molecule has 1 saturated heterocycles. The number of hydrogen-bond donors (Lipinski definition) is 2. The third kappa shape index (κ3) is 3.63. The summed E-state index contributed by atoms with van der Waals surface area (Å²) < 4.78 is 0. The number of nitrogens with zero attached hydrogens (tertiary/aromatic N) is 2. The van der Waals surface area contributed by atoms with E-state index < -0.39 is 5.97 Å². The second-order valence-corrected chi connectivity index (χ2v) is 6.88. The van der Waals surface area contributed by atoms with Gasteiger partial charge >= 0.3 is 5.97 Å². The van der Waals surface area contributed by atoms with Gasteiger partial charge in [-0.1, -0.05) is 35.3 Å². The Labute approximate surface area is 161 Å². The minimum atomic E-state index is -1.12. The second kappa shape index (κ2) is 7.96. The van der Waals surface area contributed by atoms with Gasteiger partial charge < -0.3 is 15.3 Å². The number of piperidine rings is 1. The van der Waals surface area contributed by atoms with Crippen molar-refractivity contribution in [2.24, 2.45) is 0 Å². The number of hydrogen-bond acceptors (Lipinski definition) is 4. The van der Waals surface area contributed by atoms with Crippen LogP contribution in [0.1, 0.15) is 28.8 Å². The van der Waals surface area contributed by atoms with Crippen LogP contribution in [-0.2, 0) is 0 Å². The molecule has 2 N–H and O–H groups in total. The highest BCUT2D eigenvalue weighted by Crippen LogP contribution is 2.40. The zero-order valence-corrected chi connectivity index (χ0v) is 15.4. The summed E-state index contributed by atoms with van der Waals surface area (Å²) in [4.78, 5) is 13.5. The molecule has 0 radical (unpaired) electrons. The highest BCUT2D eigenvalue weighted by molar-refractivity contribution is 6.38. The van der Waals surface area contributed by atoms with E-state index in [1.807, 2.05) is 17.0 Å². The van der Waals surface area contributed by atoms with Crippen LogP contribution in [0.2, 0.25) is 10.0 Å². The molecule has 1 heterocycles. The molecule has 26 heavy (non-hydrogen) atoms. The van der Waals surface area contributed by atoms with Crippen LogP contribution in [0.4, 0.5) is 11.4 Å². The second-order valence-electron chi connectivity index (χ2n) is 6.07. The molecule has 0 spiro atoms. The van der Waals surface area contributed by atoms with E-state index in [0.717, 1.165) is 25.9 Å². The number of halogens is 2. The van der Waals surface area contributed by atoms with Crippen molar-refractivity contribution < 1.29 is 9.90 Å². The van der Waals surface area contributed by atoms with Gasteiger partial charge in [-0.05, 0) is 50.2 Å². The van der Waals surface area contributed by atoms with Crippen molar-refractivity contribution in [3.05, 3.63) is 57.6 Å². The Morgan fingerprint density at radius 2 is 1.85 bits per heavy atom. The Morgan fingerprint density at radius 1 is 1.15 bits per heavy atom. The number of anilines is 2. The number of carboxylic acid groups (broad SMARTS) is 1. The highest BCUT2D eigenvalue weighted by atomic mass is 35.5. The molecule has 134 valence electrons. The van der Waals surface area contributed by atoms with E-state index in [-0.39, 0.29) is 16.6 Å². The van der Waals surface area contributed by atoms with Gasteiger partial charge in [0.1, 0.15) is 6.07 Å². The summed E-state index contributed by atoms with van der Waals surface area (Å²) in [7, 11) is 0. The van der Waals surface area contributed by atoms with Crippen LogP contribution < -0.4 is 10.2 Å². The maximum absolute atomic E-state index is 11.5. The van der Waals surface area contributed by atoms with E-state index >= 15 is 0 Å². The Kier molecular flexibility index (Phi) is 5.67. The van der Waals surface area contributed by atoms with E-state index in [9.17, 15) is 15.2 Å². The van der Waals surface area contributed by atoms with Gasteiger partial charge in [0.2, 0.25) is 0 Å². The molecule has 0 unspecified atom stereocenters. The number of para-hydroxylation sites is 1. The minimum Gasteiger partial charge on any atom is -0.478 e. The lowest BCUT2D eigenvalue weighted by Crippen LogP contribution is -2.41. The van der Waals surface area contributed by atoms with Crippen LogP contribution in [0.3, 0.4) is 0 Å². The Balaban J connectivity index is 2.20. The van der Waals surface area contributed by atoms with Gasteiger partial charge in [-0.2, -0.15) is 5.26 Å². The molecule has 0 saturated carbocycles. The number of nitrogens with one attached hydrogen (secondary N) is 1. The topological polar surface area (TPSA) is 76.4 Å². The quantitative estimate of drug-likeness (QED) is 0.807. The average molecular weight is 390 g/mol. The standard InChI is InChI=1S/C19H17Cl2N3O2/c20-15-10-16(21)18(9-14(15)19(25)26)24(13-5-7-23-8-6-13)17-4-2-1-3-12(17)11-22/h1-4,9-10,13,23H,5-8H2,(H,25,26). The van der Waals surface area contributed by atoms with Crippen molar-refractivity contribution in [2.45, 2.75) is 18.9 Å². The van der Waals surface area contributed by atoms with Gasteiger partial charge in [-0.15, -0.1) is 0 Å². The first-order valence-electron chi connectivity index (χ1n) is 8.24. The summed E-state index contributed by atoms with van der Waals surface area (Å²) in [5, 5.41) is 22.7. The van der Waals surface area contributed by atoms with Gasteiger partial charge in [0.25, 0.3) is 0 Å². The van der Waals surface area contributed by atoms with Crippen molar-refractivity contribution in [1.29, 1.82) is 5.26 Å². The highest BCUT2D eigenvalue weighted by Gasteiger charge is 2.27. The molecule has 0 amide bonds. The molecule has 0 aromatic heterocycles. The zero-order chi connectivity index (χ0) is 18.7. The summed E-state index contributed by atoms with van der Waals surface area (Å²) in [5.74, 6) is -1.12. The van der Waals surface area contributed by atoms with Crippen LogP contribution >= 0.6 is 23.2 Å². The summed E-state index contributed by atoms with van der Waals surface area (Å²) in [6.07, 6.45) is 1.70. The first-order chi connectivity index (χ1) is 12.5. The van der Waals surface area contributed by atoms with Gasteiger partial charge in [-0.3, -0.25) is 0 Å². The maximum atomic E-state index is 11.5. The normalized spacial score (nSPS) is 14.7. The number of carbonyl (C=O) groups is 1. The van der Waals surface area contributed by atoms with Crippen molar-refractivity contribution in [3.63, 3.8) is 0 Å². The molecular formula is C19H17Cl2N3O2. The summed E-state index contributed by atoms with van der Waals surface area (Å²) in [5.41, 5.74) is 1.75. The number of rotatable bonds is 4. The largest absolute Gasteiger partial charge is 0.478 e. The minimum absolute atomic E-state index is 0.0144. The van der Waals surface area contributed by atoms with Crippen molar-refractivity contribution in [2.75, 3.05) is 18.0 Å². The van der Waals surface area contributed by atoms with E-state index in [0.29, 0.717) is 22.0 Å². The third-order valence-corrected chi connectivity index (χ3v) is 5.10. The zero-order valence-electron chi connectivity index (χ0n) is 13.9. The predicted molar refractivity (Wildman–Crippen MR) is 103 cm³/mol. The molecule has 0 bridgehead atoms. The van der Waals surface area contributed by atoms with Gasteiger partial charge in [0, 0.05) is 6.04 Å². The molecular weight excluding hydrogens is 373 g/mol. The van der Waals surface area contributed by atoms with Crippen molar-refractivity contribution in [3.8, 4) is 6.07 Å². The van der Waals surface area contributed by atoms with E-state index in [4.69, 9.17) is 23.2 Å². The monoisotopic (exact) mass is 389 g/mol. The van der Waals surface area contributed by atoms with Gasteiger partial charge in [0.05, 0.1) is 32.5 Å². The summed E-state index contributed by atoms with van der Waals surface area (Å²) in [6, 6.07) is 12.5. The number of carboxylic acids is 1. The molecule has 1 aliphatic heterocycles. The first kappa shape index (κ1) is 18.5. The lowest BCUT2D eigenvalue weighted by molar-refractivity contribution is 0.0697. The smallest absolute Gasteiger partial charge is 0.337 e. The average Bonchev–Trinajstić information content (AvgIpc) is 2.64. The SMILES string of the molecule is N#Cc1ccccc1N(c1cc(C(=O)O)c(Cl)cc1Cl)C1CCNCC1. The van der Waals surface area contributed by atoms with Crippen molar-refractivity contribution >= 4 is 40.5 Å². The van der Waals surface area contributed by atoms with E-state index in [1.54, 1.807) is 12.1 Å². The van der Waals surface area contributed by atoms with Crippen LogP contribution in [0, 0.1) is 11.3 Å². The fraction of sp³-hybridized carbons (Fsp3) is 0.263. The summed E-state index contributed by atoms with van der Waals surface area (Å²) >= 11 is 12.5. The van der Waals surface area contributed by atoms with Crippen LogP contribution in [-0.4, -0.2) is 30.2 Å². The lowest BCUT2D eigenvalue weighted by atomic mass is 10.0. The van der Waals surface area contributed by atoms with Crippen molar-refractivity contribution in [1.82, 2.24) is 5.32 Å². The fourth-order valence-electron chi connectivity index (χ4n) is 3.25. The van der Waals surface area contributed by atoms with Crippen LogP contribution in [0.15, 0.2) is 36.4 Å². The number of nitriles is 1. The molecule has 2 aromatic rings. The van der Waals surface area contributed by atoms with E-state index in [1.165, 1.54) is 12.1 Å². The third-order valence-electron chi connectivity index (χ3n) is 4.48. The Morgan fingerprint density at radius 3 is 2.50 bits per heavy atom. The molecule has 1 fully saturated rings. The first-order valence-corrected chi connectivity index (χ1v) is 9.00. The fourth-order valence-corrected chi connectivity index (χ4v) is 3.81. The predicted octanol–water partition coefficient (Wildman–Crippen LogP) is 4.45. The number of benzene rings is 2. The Bertz CT molecular complexity index is 874. The van der Waals surface area contributed by atoms with Gasteiger partial charge in [0.15, 0.2) is 0 Å². The molecule has 3 rings (SSSR count). The van der Waals surface area contributed by atoms with E-state index in [2.05, 4.69) is 11.4 Å². The van der Waals surface area contributed by atoms with Crippen LogP contribution in [0.25, 0.3) is 0 Å². The molecule has 0 aliphatic carbocycles. The molecule has 1 aliphatic rings. The molecule has 5 nitrogen and oxygen atoms in total. The lowest BCUT2D eigenvalue weighted by Gasteiger charge is -2.37. The maximum Gasteiger partial charge on any atom is 0.337 e. The molecule has 2 aromatic carbocycles.